The Morgan fingerprint density at radius 3 is 2.85 bits per heavy atom. The van der Waals surface area contributed by atoms with Gasteiger partial charge in [0.1, 0.15) is 0 Å². The van der Waals surface area contributed by atoms with Gasteiger partial charge < -0.3 is 5.32 Å². The normalized spacial score (nSPS) is 12.7. The number of aromatic nitrogens is 5. The highest BCUT2D eigenvalue weighted by molar-refractivity contribution is 6.42. The predicted octanol–water partition coefficient (Wildman–Crippen LogP) is 4.43. The molecule has 134 valence electrons. The Bertz CT molecular complexity index is 1170. The van der Waals surface area contributed by atoms with Gasteiger partial charge in [0.25, 0.3) is 0 Å². The summed E-state index contributed by atoms with van der Waals surface area (Å²) in [6, 6.07) is 5.56. The van der Waals surface area contributed by atoms with Crippen molar-refractivity contribution in [2.45, 2.75) is 19.4 Å². The summed E-state index contributed by atoms with van der Waals surface area (Å²) in [5, 5.41) is 12.4. The van der Waals surface area contributed by atoms with E-state index >= 15 is 0 Å². The van der Waals surface area contributed by atoms with Gasteiger partial charge in [0, 0.05) is 35.5 Å². The third-order valence-corrected chi connectivity index (χ3v) is 5.50. The van der Waals surface area contributed by atoms with Crippen molar-refractivity contribution in [1.29, 1.82) is 0 Å². The number of hydrogen-bond donors (Lipinski definition) is 2. The van der Waals surface area contributed by atoms with Crippen molar-refractivity contribution in [2.24, 2.45) is 0 Å². The van der Waals surface area contributed by atoms with Crippen LogP contribution in [-0.2, 0) is 19.4 Å². The molecule has 0 spiro atoms. The number of halogens is 2. The first-order valence-electron chi connectivity index (χ1n) is 8.54. The number of anilines is 1. The quantitative estimate of drug-likeness (QED) is 0.535. The van der Waals surface area contributed by atoms with Crippen molar-refractivity contribution in [3.8, 4) is 11.1 Å². The van der Waals surface area contributed by atoms with Crippen LogP contribution in [0, 0.1) is 0 Å². The topological polar surface area (TPSA) is 79.4 Å². The van der Waals surface area contributed by atoms with Crippen molar-refractivity contribution in [3.63, 3.8) is 0 Å². The number of nitrogens with one attached hydrogen (secondary N) is 2. The first-order chi connectivity index (χ1) is 13.2. The number of fused-ring (bicyclic) bond motifs is 5. The van der Waals surface area contributed by atoms with Gasteiger partial charge in [-0.15, -0.1) is 0 Å². The molecule has 2 N–H and O–H groups in total. The molecule has 1 aromatic carbocycles. The number of rotatable bonds is 3. The number of benzene rings is 1. The molecule has 0 amide bonds. The van der Waals surface area contributed by atoms with E-state index in [0.29, 0.717) is 22.5 Å². The zero-order valence-electron chi connectivity index (χ0n) is 14.1. The Morgan fingerprint density at radius 1 is 1.04 bits per heavy atom. The Kier molecular flexibility index (Phi) is 3.95. The first kappa shape index (κ1) is 16.5. The lowest BCUT2D eigenvalue weighted by Gasteiger charge is -2.19. The molecule has 0 unspecified atom stereocenters. The van der Waals surface area contributed by atoms with E-state index < -0.39 is 0 Å². The van der Waals surface area contributed by atoms with Gasteiger partial charge >= 0.3 is 0 Å². The second-order valence-electron chi connectivity index (χ2n) is 6.45. The molecular weight excluding hydrogens is 383 g/mol. The monoisotopic (exact) mass is 396 g/mol. The highest BCUT2D eigenvalue weighted by Gasteiger charge is 2.22. The minimum absolute atomic E-state index is 0.539. The van der Waals surface area contributed by atoms with Gasteiger partial charge in [-0.1, -0.05) is 29.3 Å². The molecule has 27 heavy (non-hydrogen) atoms. The van der Waals surface area contributed by atoms with Gasteiger partial charge in [0.2, 0.25) is 5.95 Å². The molecule has 1 aliphatic rings. The minimum atomic E-state index is 0.539. The molecule has 8 heteroatoms. The number of aromatic amines is 1. The minimum Gasteiger partial charge on any atom is -0.350 e. The van der Waals surface area contributed by atoms with Crippen LogP contribution < -0.4 is 5.32 Å². The molecular formula is C19H14Cl2N6. The maximum atomic E-state index is 6.07. The fourth-order valence-electron chi connectivity index (χ4n) is 3.43. The van der Waals surface area contributed by atoms with Gasteiger partial charge in [-0.25, -0.2) is 15.0 Å². The maximum Gasteiger partial charge on any atom is 0.223 e. The van der Waals surface area contributed by atoms with Crippen LogP contribution in [0.3, 0.4) is 0 Å². The molecule has 1 aliphatic carbocycles. The lowest BCUT2D eigenvalue weighted by atomic mass is 9.89. The Hall–Kier alpha value is -2.70. The second-order valence-corrected chi connectivity index (χ2v) is 7.26. The van der Waals surface area contributed by atoms with E-state index in [9.17, 15) is 0 Å². The number of nitrogens with zero attached hydrogens (tertiary/aromatic N) is 4. The fraction of sp³-hybridized carbons (Fsp3) is 0.158. The average Bonchev–Trinajstić information content (AvgIpc) is 3.17. The van der Waals surface area contributed by atoms with E-state index in [-0.39, 0.29) is 0 Å². The number of hydrogen-bond acceptors (Lipinski definition) is 5. The van der Waals surface area contributed by atoms with Crippen molar-refractivity contribution in [1.82, 2.24) is 25.1 Å². The Balaban J connectivity index is 1.45. The summed E-state index contributed by atoms with van der Waals surface area (Å²) in [5.41, 5.74) is 6.21. The van der Waals surface area contributed by atoms with Gasteiger partial charge in [0.05, 0.1) is 21.9 Å². The Morgan fingerprint density at radius 2 is 1.96 bits per heavy atom. The second kappa shape index (κ2) is 6.48. The predicted molar refractivity (Wildman–Crippen MR) is 106 cm³/mol. The van der Waals surface area contributed by atoms with E-state index in [1.54, 1.807) is 6.07 Å². The highest BCUT2D eigenvalue weighted by Crippen LogP contribution is 2.36. The van der Waals surface area contributed by atoms with Crippen LogP contribution in [0.5, 0.6) is 0 Å². The molecule has 0 atom stereocenters. The van der Waals surface area contributed by atoms with Crippen LogP contribution in [0.25, 0.3) is 22.2 Å². The summed E-state index contributed by atoms with van der Waals surface area (Å²) in [6.07, 6.45) is 7.36. The van der Waals surface area contributed by atoms with Gasteiger partial charge in [-0.05, 0) is 36.1 Å². The van der Waals surface area contributed by atoms with Gasteiger partial charge in [0.15, 0.2) is 5.65 Å². The van der Waals surface area contributed by atoms with Crippen LogP contribution in [0.2, 0.25) is 10.0 Å². The van der Waals surface area contributed by atoms with Crippen LogP contribution in [0.15, 0.2) is 36.8 Å². The van der Waals surface area contributed by atoms with E-state index in [2.05, 4.69) is 25.5 Å². The molecule has 0 saturated heterocycles. The average molecular weight is 397 g/mol. The van der Waals surface area contributed by atoms with E-state index in [0.717, 1.165) is 46.3 Å². The molecule has 0 aliphatic heterocycles. The summed E-state index contributed by atoms with van der Waals surface area (Å²) in [4.78, 5) is 13.7. The molecule has 3 aromatic heterocycles. The van der Waals surface area contributed by atoms with E-state index in [1.807, 2.05) is 30.7 Å². The molecule has 0 fully saturated rings. The van der Waals surface area contributed by atoms with Gasteiger partial charge in [-0.2, -0.15) is 5.10 Å². The standard InChI is InChI=1S/C19H14Cl2N6/c20-14-3-1-10(5-15(14)21)6-23-19-24-8-12-16(26-19)4-2-11-7-22-18-13(17(11)12)9-25-27-18/h1,3,5,7-9H,2,4,6H2,(H,22,25,27)(H,23,24,26). The molecule has 0 saturated carbocycles. The smallest absolute Gasteiger partial charge is 0.223 e. The summed E-state index contributed by atoms with van der Waals surface area (Å²) < 4.78 is 0. The third-order valence-electron chi connectivity index (χ3n) is 4.76. The zero-order valence-corrected chi connectivity index (χ0v) is 15.6. The SMILES string of the molecule is Clc1ccc(CNc2ncc3c(n2)CCc2cnc4[nH]ncc4c2-3)cc1Cl. The van der Waals surface area contributed by atoms with Crippen LogP contribution in [0.4, 0.5) is 5.95 Å². The molecule has 0 radical (unpaired) electrons. The maximum absolute atomic E-state index is 6.07. The number of H-pyrrole nitrogens is 1. The van der Waals surface area contributed by atoms with Crippen LogP contribution >= 0.6 is 23.2 Å². The van der Waals surface area contributed by atoms with Gasteiger partial charge in [-0.3, -0.25) is 5.10 Å². The number of aryl methyl sites for hydroxylation is 2. The number of pyridine rings is 1. The Labute approximate surface area is 165 Å². The molecule has 6 nitrogen and oxygen atoms in total. The zero-order chi connectivity index (χ0) is 18.4. The lowest BCUT2D eigenvalue weighted by Crippen LogP contribution is -2.11. The van der Waals surface area contributed by atoms with Crippen LogP contribution in [0.1, 0.15) is 16.8 Å². The third kappa shape index (κ3) is 2.91. The highest BCUT2D eigenvalue weighted by atomic mass is 35.5. The summed E-state index contributed by atoms with van der Waals surface area (Å²) in [5.74, 6) is 0.598. The largest absolute Gasteiger partial charge is 0.350 e. The van der Waals surface area contributed by atoms with E-state index in [1.165, 1.54) is 5.56 Å². The summed E-state index contributed by atoms with van der Waals surface area (Å²) in [6.45, 7) is 0.572. The first-order valence-corrected chi connectivity index (χ1v) is 9.29. The van der Waals surface area contributed by atoms with Crippen LogP contribution in [-0.4, -0.2) is 25.1 Å². The molecule has 5 rings (SSSR count). The van der Waals surface area contributed by atoms with Crippen molar-refractivity contribution < 1.29 is 0 Å². The van der Waals surface area contributed by atoms with E-state index in [4.69, 9.17) is 28.2 Å². The lowest BCUT2D eigenvalue weighted by molar-refractivity contribution is 0.877. The fourth-order valence-corrected chi connectivity index (χ4v) is 3.75. The summed E-state index contributed by atoms with van der Waals surface area (Å²) in [7, 11) is 0. The van der Waals surface area contributed by atoms with Crippen molar-refractivity contribution in [2.75, 3.05) is 5.32 Å². The summed E-state index contributed by atoms with van der Waals surface area (Å²) >= 11 is 12.0. The van der Waals surface area contributed by atoms with Crippen molar-refractivity contribution >= 4 is 40.2 Å². The van der Waals surface area contributed by atoms with Crippen molar-refractivity contribution in [3.05, 3.63) is 63.7 Å². The molecule has 4 aromatic rings. The molecule has 3 heterocycles. The molecule has 0 bridgehead atoms.